The molecule has 1 N–H and O–H groups in total. The van der Waals surface area contributed by atoms with Crippen molar-refractivity contribution in [2.75, 3.05) is 7.11 Å². The molecule has 0 aliphatic carbocycles. The van der Waals surface area contributed by atoms with Crippen molar-refractivity contribution in [3.05, 3.63) is 42.5 Å². The fourth-order valence-electron chi connectivity index (χ4n) is 2.46. The van der Waals surface area contributed by atoms with Gasteiger partial charge in [0, 0.05) is 16.3 Å². The summed E-state index contributed by atoms with van der Waals surface area (Å²) in [6, 6.07) is 13.9. The van der Waals surface area contributed by atoms with Gasteiger partial charge >= 0.3 is 0 Å². The van der Waals surface area contributed by atoms with Crippen molar-refractivity contribution in [1.82, 2.24) is 15.2 Å². The third kappa shape index (κ3) is 1.40. The number of rotatable bonds is 1. The molecule has 2 aromatic carbocycles. The molecule has 4 rings (SSSR count). The summed E-state index contributed by atoms with van der Waals surface area (Å²) in [5, 5.41) is 10.7. The van der Waals surface area contributed by atoms with Crippen LogP contribution >= 0.6 is 0 Å². The lowest BCUT2D eigenvalue weighted by Gasteiger charge is -1.98. The van der Waals surface area contributed by atoms with Crippen LogP contribution in [0.1, 0.15) is 0 Å². The van der Waals surface area contributed by atoms with Crippen molar-refractivity contribution in [3.8, 4) is 5.75 Å². The van der Waals surface area contributed by atoms with Gasteiger partial charge in [-0.15, -0.1) is 10.2 Å². The van der Waals surface area contributed by atoms with Crippen LogP contribution in [0.3, 0.4) is 0 Å². The molecule has 0 saturated heterocycles. The maximum absolute atomic E-state index is 5.27. The number of methoxy groups -OCH3 is 1. The summed E-state index contributed by atoms with van der Waals surface area (Å²) in [7, 11) is 1.66. The highest BCUT2D eigenvalue weighted by Gasteiger charge is 2.10. The molecule has 4 nitrogen and oxygen atoms in total. The Bertz CT molecular complexity index is 911. The second kappa shape index (κ2) is 3.68. The molecule has 0 unspecified atom stereocenters. The minimum absolute atomic E-state index is 0.823. The molecule has 19 heavy (non-hydrogen) atoms. The van der Waals surface area contributed by atoms with E-state index in [1.54, 1.807) is 7.11 Å². The zero-order chi connectivity index (χ0) is 12.8. The summed E-state index contributed by atoms with van der Waals surface area (Å²) in [6.07, 6.45) is 0. The summed E-state index contributed by atoms with van der Waals surface area (Å²) in [5.41, 5.74) is 3.84. The monoisotopic (exact) mass is 249 g/mol. The number of hydrogen-bond acceptors (Lipinski definition) is 3. The van der Waals surface area contributed by atoms with Gasteiger partial charge in [-0.3, -0.25) is 0 Å². The third-order valence-electron chi connectivity index (χ3n) is 3.41. The Labute approximate surface area is 109 Å². The summed E-state index contributed by atoms with van der Waals surface area (Å²) >= 11 is 0. The third-order valence-corrected chi connectivity index (χ3v) is 3.41. The van der Waals surface area contributed by atoms with Gasteiger partial charge in [-0.25, -0.2) is 0 Å². The second-order valence-corrected chi connectivity index (χ2v) is 4.48. The van der Waals surface area contributed by atoms with Crippen molar-refractivity contribution in [3.63, 3.8) is 0 Å². The predicted octanol–water partition coefficient (Wildman–Crippen LogP) is 3.27. The number of nitrogens with zero attached hydrogens (tertiary/aromatic N) is 2. The zero-order valence-corrected chi connectivity index (χ0v) is 10.3. The van der Waals surface area contributed by atoms with E-state index in [4.69, 9.17) is 4.74 Å². The number of hydrogen-bond donors (Lipinski definition) is 1. The number of fused-ring (bicyclic) bond motifs is 5. The highest BCUT2D eigenvalue weighted by molar-refractivity contribution is 6.13. The largest absolute Gasteiger partial charge is 0.497 e. The lowest BCUT2D eigenvalue weighted by Crippen LogP contribution is -1.85. The van der Waals surface area contributed by atoms with Crippen LogP contribution < -0.4 is 4.74 Å². The first-order chi connectivity index (χ1) is 9.36. The first-order valence-corrected chi connectivity index (χ1v) is 6.07. The number of H-pyrrole nitrogens is 1. The molecule has 4 aromatic rings. The van der Waals surface area contributed by atoms with Gasteiger partial charge < -0.3 is 9.72 Å². The van der Waals surface area contributed by atoms with Crippen LogP contribution in [0.5, 0.6) is 5.75 Å². The molecule has 2 heterocycles. The molecule has 4 heteroatoms. The molecule has 0 amide bonds. The van der Waals surface area contributed by atoms with Gasteiger partial charge in [0.15, 0.2) is 0 Å². The Morgan fingerprint density at radius 3 is 2.79 bits per heavy atom. The van der Waals surface area contributed by atoms with Gasteiger partial charge in [0.05, 0.1) is 18.1 Å². The second-order valence-electron chi connectivity index (χ2n) is 4.48. The topological polar surface area (TPSA) is 50.8 Å². The maximum atomic E-state index is 5.27. The molecule has 0 aliphatic rings. The molecular formula is C15H11N3O. The van der Waals surface area contributed by atoms with Crippen LogP contribution in [0.2, 0.25) is 0 Å². The highest BCUT2D eigenvalue weighted by Crippen LogP contribution is 2.30. The Morgan fingerprint density at radius 1 is 1.00 bits per heavy atom. The molecule has 0 bridgehead atoms. The summed E-state index contributed by atoms with van der Waals surface area (Å²) in [4.78, 5) is 3.41. The van der Waals surface area contributed by atoms with E-state index in [0.29, 0.717) is 0 Å². The van der Waals surface area contributed by atoms with E-state index in [2.05, 4.69) is 21.2 Å². The quantitative estimate of drug-likeness (QED) is 0.563. The van der Waals surface area contributed by atoms with Crippen LogP contribution in [0.25, 0.3) is 32.8 Å². The number of ether oxygens (including phenoxy) is 1. The molecule has 0 fully saturated rings. The first kappa shape index (κ1) is 10.3. The average molecular weight is 249 g/mol. The zero-order valence-electron chi connectivity index (χ0n) is 10.3. The normalized spacial score (nSPS) is 11.4. The van der Waals surface area contributed by atoms with Gasteiger partial charge in [-0.05, 0) is 24.3 Å². The van der Waals surface area contributed by atoms with Crippen LogP contribution in [0.15, 0.2) is 42.5 Å². The van der Waals surface area contributed by atoms with Crippen molar-refractivity contribution < 1.29 is 4.74 Å². The Morgan fingerprint density at radius 2 is 1.89 bits per heavy atom. The number of benzene rings is 2. The van der Waals surface area contributed by atoms with Crippen molar-refractivity contribution in [2.24, 2.45) is 0 Å². The van der Waals surface area contributed by atoms with E-state index < -0.39 is 0 Å². The molecule has 0 saturated carbocycles. The lowest BCUT2D eigenvalue weighted by molar-refractivity contribution is 0.415. The Kier molecular flexibility index (Phi) is 2.00. The first-order valence-electron chi connectivity index (χ1n) is 6.07. The number of aromatic nitrogens is 3. The van der Waals surface area contributed by atoms with Gasteiger partial charge in [-0.2, -0.15) is 0 Å². The van der Waals surface area contributed by atoms with Crippen molar-refractivity contribution >= 4 is 32.8 Å². The average Bonchev–Trinajstić information content (AvgIpc) is 2.85. The molecular weight excluding hydrogens is 238 g/mol. The maximum Gasteiger partial charge on any atom is 0.119 e. The van der Waals surface area contributed by atoms with E-state index in [-0.39, 0.29) is 0 Å². The SMILES string of the molecule is COc1ccc2[nH]c3c4ccccc4nnc3c2c1. The van der Waals surface area contributed by atoms with Crippen LogP contribution in [-0.4, -0.2) is 22.3 Å². The summed E-state index contributed by atoms with van der Waals surface area (Å²) < 4.78 is 5.27. The van der Waals surface area contributed by atoms with Crippen LogP contribution in [0.4, 0.5) is 0 Å². The van der Waals surface area contributed by atoms with Crippen LogP contribution in [0, 0.1) is 0 Å². The van der Waals surface area contributed by atoms with Gasteiger partial charge in [0.1, 0.15) is 11.3 Å². The van der Waals surface area contributed by atoms with E-state index in [1.807, 2.05) is 36.4 Å². The van der Waals surface area contributed by atoms with E-state index >= 15 is 0 Å². The molecule has 0 aliphatic heterocycles. The summed E-state index contributed by atoms with van der Waals surface area (Å²) in [6.45, 7) is 0. The van der Waals surface area contributed by atoms with Gasteiger partial charge in [0.2, 0.25) is 0 Å². The van der Waals surface area contributed by atoms with Crippen molar-refractivity contribution in [1.29, 1.82) is 0 Å². The lowest BCUT2D eigenvalue weighted by atomic mass is 10.2. The standard InChI is InChI=1S/C15H11N3O/c1-19-9-6-7-12-11(8-9)15-14(16-12)10-4-2-3-5-13(10)17-18-15/h2-8,16H,1H3. The Balaban J connectivity index is 2.21. The van der Waals surface area contributed by atoms with E-state index in [0.717, 1.165) is 38.6 Å². The van der Waals surface area contributed by atoms with Crippen molar-refractivity contribution in [2.45, 2.75) is 0 Å². The number of aromatic amines is 1. The van der Waals surface area contributed by atoms with Gasteiger partial charge in [-0.1, -0.05) is 18.2 Å². The molecule has 2 aromatic heterocycles. The predicted molar refractivity (Wildman–Crippen MR) is 75.5 cm³/mol. The Hall–Kier alpha value is -2.62. The molecule has 0 atom stereocenters. The van der Waals surface area contributed by atoms with Gasteiger partial charge in [0.25, 0.3) is 0 Å². The van der Waals surface area contributed by atoms with Crippen LogP contribution in [-0.2, 0) is 0 Å². The fraction of sp³-hybridized carbons (Fsp3) is 0.0667. The molecule has 92 valence electrons. The molecule has 0 spiro atoms. The van der Waals surface area contributed by atoms with E-state index in [9.17, 15) is 0 Å². The fourth-order valence-corrected chi connectivity index (χ4v) is 2.46. The van der Waals surface area contributed by atoms with E-state index in [1.165, 1.54) is 0 Å². The smallest absolute Gasteiger partial charge is 0.119 e. The minimum atomic E-state index is 0.823. The number of nitrogens with one attached hydrogen (secondary N) is 1. The molecule has 0 radical (unpaired) electrons. The summed E-state index contributed by atoms with van der Waals surface area (Å²) in [5.74, 6) is 0.823. The minimum Gasteiger partial charge on any atom is -0.497 e. The highest BCUT2D eigenvalue weighted by atomic mass is 16.5.